The molecule has 5 nitrogen and oxygen atoms in total. The van der Waals surface area contributed by atoms with Crippen LogP contribution in [0.25, 0.3) is 11.1 Å². The van der Waals surface area contributed by atoms with E-state index in [1.807, 2.05) is 41.3 Å². The highest BCUT2D eigenvalue weighted by atomic mass is 15.3. The van der Waals surface area contributed by atoms with Crippen LogP contribution in [-0.4, -0.2) is 14.8 Å². The maximum atomic E-state index is 6.18. The van der Waals surface area contributed by atoms with E-state index in [-0.39, 0.29) is 0 Å². The Balaban J connectivity index is 1.81. The predicted octanol–water partition coefficient (Wildman–Crippen LogP) is 4.95. The van der Waals surface area contributed by atoms with Crippen LogP contribution in [0, 0.1) is 0 Å². The van der Waals surface area contributed by atoms with Crippen molar-refractivity contribution in [3.63, 3.8) is 0 Å². The lowest BCUT2D eigenvalue weighted by molar-refractivity contribution is 0.460. The van der Waals surface area contributed by atoms with Crippen LogP contribution >= 0.6 is 0 Å². The van der Waals surface area contributed by atoms with Crippen molar-refractivity contribution in [1.29, 1.82) is 0 Å². The first-order chi connectivity index (χ1) is 15.7. The second-order valence-electron chi connectivity index (χ2n) is 7.65. The summed E-state index contributed by atoms with van der Waals surface area (Å²) >= 11 is 0. The van der Waals surface area contributed by atoms with Gasteiger partial charge in [0.05, 0.1) is 6.20 Å². The first-order valence-corrected chi connectivity index (χ1v) is 10.4. The molecule has 0 spiro atoms. The lowest BCUT2D eigenvalue weighted by Gasteiger charge is -2.36. The molecule has 0 aliphatic heterocycles. The van der Waals surface area contributed by atoms with E-state index in [0.717, 1.165) is 27.8 Å². The van der Waals surface area contributed by atoms with Crippen LogP contribution in [0.15, 0.2) is 116 Å². The Morgan fingerprint density at radius 3 is 1.59 bits per heavy atom. The van der Waals surface area contributed by atoms with E-state index < -0.39 is 5.54 Å². The molecule has 0 unspecified atom stereocenters. The minimum absolute atomic E-state index is 0.384. The van der Waals surface area contributed by atoms with Gasteiger partial charge in [0.15, 0.2) is 0 Å². The average molecular weight is 418 g/mol. The summed E-state index contributed by atoms with van der Waals surface area (Å²) in [5.41, 5.74) is 16.3. The summed E-state index contributed by atoms with van der Waals surface area (Å²) in [6.45, 7) is 0. The number of pyridine rings is 1. The molecule has 0 atom stereocenters. The molecule has 5 rings (SSSR count). The van der Waals surface area contributed by atoms with Crippen molar-refractivity contribution in [2.45, 2.75) is 5.54 Å². The minimum Gasteiger partial charge on any atom is -0.384 e. The maximum Gasteiger partial charge on any atom is 0.138 e. The van der Waals surface area contributed by atoms with Crippen molar-refractivity contribution in [2.24, 2.45) is 0 Å². The van der Waals surface area contributed by atoms with Gasteiger partial charge in [-0.05, 0) is 28.8 Å². The zero-order valence-electron chi connectivity index (χ0n) is 17.5. The molecule has 0 amide bonds. The number of hydrogen-bond acceptors (Lipinski definition) is 4. The van der Waals surface area contributed by atoms with E-state index in [4.69, 9.17) is 16.6 Å². The van der Waals surface area contributed by atoms with Crippen molar-refractivity contribution >= 4 is 11.6 Å². The maximum absolute atomic E-state index is 6.18. The summed E-state index contributed by atoms with van der Waals surface area (Å²) in [5, 5.41) is 4.86. The summed E-state index contributed by atoms with van der Waals surface area (Å²) in [4.78, 5) is 4.21. The van der Waals surface area contributed by atoms with Gasteiger partial charge >= 0.3 is 0 Å². The first kappa shape index (κ1) is 19.6. The topological polar surface area (TPSA) is 82.8 Å². The van der Waals surface area contributed by atoms with Gasteiger partial charge in [-0.15, -0.1) is 0 Å². The second-order valence-corrected chi connectivity index (χ2v) is 7.65. The van der Waals surface area contributed by atoms with Crippen molar-refractivity contribution in [1.82, 2.24) is 14.8 Å². The van der Waals surface area contributed by atoms with Crippen LogP contribution in [0.1, 0.15) is 16.7 Å². The third kappa shape index (κ3) is 3.20. The van der Waals surface area contributed by atoms with E-state index in [1.165, 1.54) is 0 Å². The largest absolute Gasteiger partial charge is 0.384 e. The molecule has 0 aliphatic rings. The SMILES string of the molecule is Nc1ccc(-c2cnn(C(c3ccccc3)(c3ccccc3)c3ccccc3)c2)c(N)n1. The van der Waals surface area contributed by atoms with Gasteiger partial charge < -0.3 is 11.5 Å². The molecule has 32 heavy (non-hydrogen) atoms. The van der Waals surface area contributed by atoms with Crippen molar-refractivity contribution in [2.75, 3.05) is 11.5 Å². The molecular formula is C27H23N5. The van der Waals surface area contributed by atoms with E-state index in [9.17, 15) is 0 Å². The smallest absolute Gasteiger partial charge is 0.138 e. The Morgan fingerprint density at radius 1 is 0.625 bits per heavy atom. The van der Waals surface area contributed by atoms with E-state index in [1.54, 1.807) is 6.07 Å². The van der Waals surface area contributed by atoms with Gasteiger partial charge in [0.25, 0.3) is 0 Å². The minimum atomic E-state index is -0.669. The van der Waals surface area contributed by atoms with Crippen LogP contribution < -0.4 is 11.5 Å². The third-order valence-electron chi connectivity index (χ3n) is 5.76. The van der Waals surface area contributed by atoms with Gasteiger partial charge in [-0.3, -0.25) is 4.68 Å². The van der Waals surface area contributed by atoms with Crippen LogP contribution in [0.4, 0.5) is 11.6 Å². The summed E-state index contributed by atoms with van der Waals surface area (Å²) in [7, 11) is 0. The zero-order valence-corrected chi connectivity index (χ0v) is 17.5. The molecule has 4 N–H and O–H groups in total. The molecule has 2 aromatic heterocycles. The fourth-order valence-electron chi connectivity index (χ4n) is 4.31. The van der Waals surface area contributed by atoms with Gasteiger partial charge in [0.2, 0.25) is 0 Å². The fourth-order valence-corrected chi connectivity index (χ4v) is 4.31. The number of anilines is 2. The lowest BCUT2D eigenvalue weighted by Crippen LogP contribution is -2.38. The Labute approximate surface area is 187 Å². The second kappa shape index (κ2) is 8.04. The molecule has 2 heterocycles. The normalized spacial score (nSPS) is 11.4. The highest BCUT2D eigenvalue weighted by Crippen LogP contribution is 2.41. The molecule has 0 saturated carbocycles. The highest BCUT2D eigenvalue weighted by molar-refractivity contribution is 5.74. The van der Waals surface area contributed by atoms with Gasteiger partial charge in [-0.2, -0.15) is 5.10 Å². The third-order valence-corrected chi connectivity index (χ3v) is 5.76. The van der Waals surface area contributed by atoms with Crippen LogP contribution in [0.2, 0.25) is 0 Å². The Hall–Kier alpha value is -4.38. The molecule has 0 aliphatic carbocycles. The Morgan fingerprint density at radius 2 is 1.12 bits per heavy atom. The van der Waals surface area contributed by atoms with Crippen LogP contribution in [0.5, 0.6) is 0 Å². The Kier molecular flexibility index (Phi) is 4.92. The standard InChI is InChI=1S/C27H23N5/c28-25-17-16-24(26(29)31-25)20-18-30-32(19-20)27(21-10-4-1-5-11-21,22-12-6-2-7-13-22)23-14-8-3-9-15-23/h1-19H,(H4,28,29,31). The number of nitrogens with zero attached hydrogens (tertiary/aromatic N) is 3. The number of rotatable bonds is 5. The lowest BCUT2D eigenvalue weighted by atomic mass is 9.77. The molecule has 5 aromatic rings. The molecule has 156 valence electrons. The molecule has 0 bridgehead atoms. The quantitative estimate of drug-likeness (QED) is 0.396. The van der Waals surface area contributed by atoms with Gasteiger partial charge in [0.1, 0.15) is 17.2 Å². The number of benzene rings is 3. The molecular weight excluding hydrogens is 394 g/mol. The molecule has 0 radical (unpaired) electrons. The predicted molar refractivity (Wildman–Crippen MR) is 129 cm³/mol. The number of hydrogen-bond donors (Lipinski definition) is 2. The molecule has 0 saturated heterocycles. The van der Waals surface area contributed by atoms with E-state index in [0.29, 0.717) is 11.6 Å². The van der Waals surface area contributed by atoms with E-state index >= 15 is 0 Å². The van der Waals surface area contributed by atoms with Crippen LogP contribution in [0.3, 0.4) is 0 Å². The zero-order chi connectivity index (χ0) is 22.0. The monoisotopic (exact) mass is 417 g/mol. The Bertz CT molecular complexity index is 1230. The van der Waals surface area contributed by atoms with Crippen molar-refractivity contribution < 1.29 is 0 Å². The van der Waals surface area contributed by atoms with Crippen molar-refractivity contribution in [3.8, 4) is 11.1 Å². The number of aromatic nitrogens is 3. The molecule has 3 aromatic carbocycles. The summed E-state index contributed by atoms with van der Waals surface area (Å²) in [5.74, 6) is 0.778. The van der Waals surface area contributed by atoms with E-state index in [2.05, 4.69) is 77.8 Å². The van der Waals surface area contributed by atoms with Crippen molar-refractivity contribution in [3.05, 3.63) is 132 Å². The molecule has 0 fully saturated rings. The first-order valence-electron chi connectivity index (χ1n) is 10.4. The highest BCUT2D eigenvalue weighted by Gasteiger charge is 2.39. The average Bonchev–Trinajstić information content (AvgIpc) is 3.32. The summed E-state index contributed by atoms with van der Waals surface area (Å²) < 4.78 is 2.01. The van der Waals surface area contributed by atoms with Crippen LogP contribution in [-0.2, 0) is 5.54 Å². The van der Waals surface area contributed by atoms with Gasteiger partial charge in [0, 0.05) is 17.3 Å². The number of nitrogen functional groups attached to an aromatic ring is 2. The van der Waals surface area contributed by atoms with Gasteiger partial charge in [-0.1, -0.05) is 91.0 Å². The summed E-state index contributed by atoms with van der Waals surface area (Å²) in [6.07, 6.45) is 3.85. The molecule has 5 heteroatoms. The van der Waals surface area contributed by atoms with Gasteiger partial charge in [-0.25, -0.2) is 4.98 Å². The summed E-state index contributed by atoms with van der Waals surface area (Å²) in [6, 6.07) is 34.9. The fraction of sp³-hybridized carbons (Fsp3) is 0.0370. The number of nitrogens with two attached hydrogens (primary N) is 2.